The van der Waals surface area contributed by atoms with Gasteiger partial charge in [-0.1, -0.05) is 18.2 Å². The van der Waals surface area contributed by atoms with Gasteiger partial charge in [-0.15, -0.1) is 0 Å². The average Bonchev–Trinajstić information content (AvgIpc) is 2.93. The van der Waals surface area contributed by atoms with Gasteiger partial charge in [0.15, 0.2) is 0 Å². The number of nitrogens with zero attached hydrogens (tertiary/aromatic N) is 1. The van der Waals surface area contributed by atoms with Crippen molar-refractivity contribution in [1.82, 2.24) is 4.90 Å². The summed E-state index contributed by atoms with van der Waals surface area (Å²) in [6, 6.07) is 9.96. The number of rotatable bonds is 4. The minimum Gasteiger partial charge on any atom is -0.493 e. The number of carbonyl (C=O) groups is 1. The highest BCUT2D eigenvalue weighted by Crippen LogP contribution is 2.23. The molecule has 2 fully saturated rings. The van der Waals surface area contributed by atoms with E-state index in [2.05, 4.69) is 4.90 Å². The van der Waals surface area contributed by atoms with Gasteiger partial charge in [-0.3, -0.25) is 9.69 Å². The van der Waals surface area contributed by atoms with E-state index in [1.807, 2.05) is 30.3 Å². The van der Waals surface area contributed by atoms with Gasteiger partial charge in [0.25, 0.3) is 0 Å². The summed E-state index contributed by atoms with van der Waals surface area (Å²) in [4.78, 5) is 13.8. The van der Waals surface area contributed by atoms with Gasteiger partial charge in [0.05, 0.1) is 13.2 Å². The zero-order valence-electron chi connectivity index (χ0n) is 11.7. The fraction of sp³-hybridized carbons (Fsp3) is 0.562. The van der Waals surface area contributed by atoms with Crippen molar-refractivity contribution >= 4 is 5.97 Å². The molecule has 2 saturated heterocycles. The molecule has 108 valence electrons. The van der Waals surface area contributed by atoms with Crippen molar-refractivity contribution in [3.8, 4) is 5.75 Å². The SMILES string of the molecule is O=C1OCCC1N1CCC(COc2ccccc2)CC1. The fourth-order valence-electron chi connectivity index (χ4n) is 2.98. The molecule has 3 rings (SSSR count). The topological polar surface area (TPSA) is 38.8 Å². The minimum absolute atomic E-state index is 0.00555. The number of piperidine rings is 1. The second kappa shape index (κ2) is 6.27. The van der Waals surface area contributed by atoms with Crippen LogP contribution >= 0.6 is 0 Å². The molecule has 4 nitrogen and oxygen atoms in total. The Morgan fingerprint density at radius 1 is 1.15 bits per heavy atom. The van der Waals surface area contributed by atoms with E-state index in [0.717, 1.165) is 44.7 Å². The summed E-state index contributed by atoms with van der Waals surface area (Å²) in [6.45, 7) is 3.30. The molecule has 0 saturated carbocycles. The number of carbonyl (C=O) groups excluding carboxylic acids is 1. The smallest absolute Gasteiger partial charge is 0.323 e. The van der Waals surface area contributed by atoms with Gasteiger partial charge in [-0.05, 0) is 44.0 Å². The first-order chi connectivity index (χ1) is 9.83. The third-order valence-corrected chi connectivity index (χ3v) is 4.23. The summed E-state index contributed by atoms with van der Waals surface area (Å²) in [6.07, 6.45) is 3.04. The second-order valence-electron chi connectivity index (χ2n) is 5.58. The summed E-state index contributed by atoms with van der Waals surface area (Å²) >= 11 is 0. The van der Waals surface area contributed by atoms with Gasteiger partial charge < -0.3 is 9.47 Å². The Morgan fingerprint density at radius 2 is 1.90 bits per heavy atom. The number of hydrogen-bond acceptors (Lipinski definition) is 4. The Kier molecular flexibility index (Phi) is 4.21. The number of ether oxygens (including phenoxy) is 2. The van der Waals surface area contributed by atoms with Gasteiger partial charge in [0.1, 0.15) is 11.8 Å². The Balaban J connectivity index is 1.43. The lowest BCUT2D eigenvalue weighted by Gasteiger charge is -2.34. The van der Waals surface area contributed by atoms with Crippen LogP contribution in [-0.2, 0) is 9.53 Å². The van der Waals surface area contributed by atoms with Crippen molar-refractivity contribution < 1.29 is 14.3 Å². The zero-order valence-corrected chi connectivity index (χ0v) is 11.7. The largest absolute Gasteiger partial charge is 0.493 e. The zero-order chi connectivity index (χ0) is 13.8. The van der Waals surface area contributed by atoms with Crippen LogP contribution in [0.25, 0.3) is 0 Å². The molecule has 1 unspecified atom stereocenters. The van der Waals surface area contributed by atoms with E-state index in [-0.39, 0.29) is 12.0 Å². The molecule has 1 aromatic carbocycles. The highest BCUT2D eigenvalue weighted by Gasteiger charge is 2.34. The molecule has 2 heterocycles. The second-order valence-corrected chi connectivity index (χ2v) is 5.58. The minimum atomic E-state index is -0.0380. The lowest BCUT2D eigenvalue weighted by molar-refractivity contribution is -0.142. The first-order valence-electron chi connectivity index (χ1n) is 7.41. The van der Waals surface area contributed by atoms with Crippen molar-refractivity contribution in [3.05, 3.63) is 30.3 Å². The maximum absolute atomic E-state index is 11.6. The fourth-order valence-corrected chi connectivity index (χ4v) is 2.98. The van der Waals surface area contributed by atoms with Gasteiger partial charge in [0, 0.05) is 6.42 Å². The maximum atomic E-state index is 11.6. The van der Waals surface area contributed by atoms with Gasteiger partial charge in [0.2, 0.25) is 0 Å². The third-order valence-electron chi connectivity index (χ3n) is 4.23. The first-order valence-corrected chi connectivity index (χ1v) is 7.41. The van der Waals surface area contributed by atoms with Crippen molar-refractivity contribution in [3.63, 3.8) is 0 Å². The Morgan fingerprint density at radius 3 is 2.55 bits per heavy atom. The van der Waals surface area contributed by atoms with Crippen LogP contribution in [0.2, 0.25) is 0 Å². The van der Waals surface area contributed by atoms with Crippen molar-refractivity contribution in [1.29, 1.82) is 0 Å². The highest BCUT2D eigenvalue weighted by atomic mass is 16.5. The predicted octanol–water partition coefficient (Wildman–Crippen LogP) is 2.09. The number of likely N-dealkylation sites (tertiary alicyclic amines) is 1. The van der Waals surface area contributed by atoms with Gasteiger partial charge >= 0.3 is 5.97 Å². The Hall–Kier alpha value is -1.55. The van der Waals surface area contributed by atoms with E-state index in [4.69, 9.17) is 9.47 Å². The molecule has 0 aliphatic carbocycles. The van der Waals surface area contributed by atoms with Gasteiger partial charge in [-0.2, -0.15) is 0 Å². The number of cyclic esters (lactones) is 1. The maximum Gasteiger partial charge on any atom is 0.323 e. The lowest BCUT2D eigenvalue weighted by atomic mass is 9.96. The predicted molar refractivity (Wildman–Crippen MR) is 75.6 cm³/mol. The van der Waals surface area contributed by atoms with Crippen LogP contribution in [0.1, 0.15) is 19.3 Å². The van der Waals surface area contributed by atoms with Crippen LogP contribution in [0.15, 0.2) is 30.3 Å². The average molecular weight is 275 g/mol. The highest BCUT2D eigenvalue weighted by molar-refractivity contribution is 5.77. The van der Waals surface area contributed by atoms with E-state index >= 15 is 0 Å². The monoisotopic (exact) mass is 275 g/mol. The molecule has 2 aliphatic rings. The number of esters is 1. The van der Waals surface area contributed by atoms with E-state index in [9.17, 15) is 4.79 Å². The molecular weight excluding hydrogens is 254 g/mol. The molecule has 2 aliphatic heterocycles. The number of hydrogen-bond donors (Lipinski definition) is 0. The van der Waals surface area contributed by atoms with Crippen LogP contribution in [0, 0.1) is 5.92 Å². The van der Waals surface area contributed by atoms with E-state index in [1.54, 1.807) is 0 Å². The molecule has 0 spiro atoms. The molecule has 0 aromatic heterocycles. The number of benzene rings is 1. The van der Waals surface area contributed by atoms with Crippen LogP contribution in [0.4, 0.5) is 0 Å². The first kappa shape index (κ1) is 13.4. The molecular formula is C16H21NO3. The van der Waals surface area contributed by atoms with Crippen LogP contribution in [-0.4, -0.2) is 43.2 Å². The molecule has 0 amide bonds. The van der Waals surface area contributed by atoms with E-state index in [0.29, 0.717) is 12.5 Å². The molecule has 0 radical (unpaired) electrons. The standard InChI is InChI=1S/C16H21NO3/c18-16-15(8-11-19-16)17-9-6-13(7-10-17)12-20-14-4-2-1-3-5-14/h1-5,13,15H,6-12H2. The molecule has 1 aromatic rings. The van der Waals surface area contributed by atoms with Crippen molar-refractivity contribution in [2.45, 2.75) is 25.3 Å². The summed E-state index contributed by atoms with van der Waals surface area (Å²) in [5.41, 5.74) is 0. The van der Waals surface area contributed by atoms with Crippen LogP contribution < -0.4 is 4.74 Å². The molecule has 20 heavy (non-hydrogen) atoms. The van der Waals surface area contributed by atoms with E-state index in [1.165, 1.54) is 0 Å². The third kappa shape index (κ3) is 3.12. The number of para-hydroxylation sites is 1. The Bertz CT molecular complexity index is 440. The molecule has 4 heteroatoms. The van der Waals surface area contributed by atoms with Crippen LogP contribution in [0.3, 0.4) is 0 Å². The molecule has 1 atom stereocenters. The van der Waals surface area contributed by atoms with Gasteiger partial charge in [-0.25, -0.2) is 0 Å². The quantitative estimate of drug-likeness (QED) is 0.789. The van der Waals surface area contributed by atoms with E-state index < -0.39 is 0 Å². The molecule has 0 N–H and O–H groups in total. The summed E-state index contributed by atoms with van der Waals surface area (Å²) in [5, 5.41) is 0. The molecule has 0 bridgehead atoms. The van der Waals surface area contributed by atoms with Crippen molar-refractivity contribution in [2.24, 2.45) is 5.92 Å². The van der Waals surface area contributed by atoms with Crippen LogP contribution in [0.5, 0.6) is 5.75 Å². The summed E-state index contributed by atoms with van der Waals surface area (Å²) in [5.74, 6) is 1.49. The van der Waals surface area contributed by atoms with Crippen molar-refractivity contribution in [2.75, 3.05) is 26.3 Å². The summed E-state index contributed by atoms with van der Waals surface area (Å²) < 4.78 is 10.9. The normalized spacial score (nSPS) is 24.6. The Labute approximate surface area is 119 Å². The lowest BCUT2D eigenvalue weighted by Crippen LogP contribution is -2.44. The summed E-state index contributed by atoms with van der Waals surface area (Å²) in [7, 11) is 0.